The van der Waals surface area contributed by atoms with Gasteiger partial charge in [0, 0.05) is 28.3 Å². The Morgan fingerprint density at radius 3 is 2.70 bits per heavy atom. The van der Waals surface area contributed by atoms with E-state index in [0.29, 0.717) is 5.56 Å². The monoisotopic (exact) mass is 528 g/mol. The predicted octanol–water partition coefficient (Wildman–Crippen LogP) is 4.41. The Bertz CT molecular complexity index is 1380. The highest BCUT2D eigenvalue weighted by atomic mass is 35.5. The number of ether oxygens (including phenoxy) is 2. The fourth-order valence-electron chi connectivity index (χ4n) is 5.64. The fourth-order valence-corrected chi connectivity index (χ4v) is 5.89. The third kappa shape index (κ3) is 3.60. The normalized spacial score (nSPS) is 23.9. The average molecular weight is 529 g/mol. The van der Waals surface area contributed by atoms with E-state index in [9.17, 15) is 4.79 Å². The molecular formula is C27H23ClF2N2O5. The molecule has 0 spiro atoms. The number of aliphatic hydroxyl groups is 1. The highest BCUT2D eigenvalue weighted by molar-refractivity contribution is 6.34. The number of hydrogen-bond donors (Lipinski definition) is 3. The van der Waals surface area contributed by atoms with Gasteiger partial charge in [-0.25, -0.2) is 14.3 Å². The Morgan fingerprint density at radius 1 is 1.16 bits per heavy atom. The van der Waals surface area contributed by atoms with Crippen LogP contribution in [0.25, 0.3) is 11.1 Å². The Labute approximate surface area is 216 Å². The van der Waals surface area contributed by atoms with Crippen molar-refractivity contribution in [3.05, 3.63) is 81.9 Å². The van der Waals surface area contributed by atoms with E-state index in [1.807, 2.05) is 30.3 Å². The van der Waals surface area contributed by atoms with Crippen LogP contribution in [0.15, 0.2) is 48.5 Å². The van der Waals surface area contributed by atoms with Crippen LogP contribution in [0, 0.1) is 11.6 Å². The summed E-state index contributed by atoms with van der Waals surface area (Å²) >= 11 is 6.52. The molecule has 3 atom stereocenters. The lowest BCUT2D eigenvalue weighted by Crippen LogP contribution is -2.53. The van der Waals surface area contributed by atoms with Crippen LogP contribution < -0.4 is 20.3 Å². The van der Waals surface area contributed by atoms with Crippen molar-refractivity contribution >= 4 is 17.5 Å². The van der Waals surface area contributed by atoms with E-state index in [4.69, 9.17) is 31.0 Å². The van der Waals surface area contributed by atoms with Gasteiger partial charge in [-0.3, -0.25) is 9.63 Å². The van der Waals surface area contributed by atoms with Crippen molar-refractivity contribution in [1.82, 2.24) is 10.8 Å². The van der Waals surface area contributed by atoms with Gasteiger partial charge in [-0.15, -0.1) is 0 Å². The molecule has 3 aliphatic rings. The van der Waals surface area contributed by atoms with Gasteiger partial charge in [-0.1, -0.05) is 41.9 Å². The molecule has 6 rings (SSSR count). The van der Waals surface area contributed by atoms with Crippen molar-refractivity contribution in [3.63, 3.8) is 0 Å². The molecule has 3 aliphatic heterocycles. The van der Waals surface area contributed by atoms with Gasteiger partial charge in [0.2, 0.25) is 0 Å². The number of amides is 1. The van der Waals surface area contributed by atoms with Crippen molar-refractivity contribution in [2.24, 2.45) is 0 Å². The average Bonchev–Trinajstić information content (AvgIpc) is 3.55. The summed E-state index contributed by atoms with van der Waals surface area (Å²) in [5, 5.41) is 12.2. The summed E-state index contributed by atoms with van der Waals surface area (Å²) < 4.78 is 43.2. The smallest absolute Gasteiger partial charge is 0.275 e. The number of benzene rings is 3. The van der Waals surface area contributed by atoms with Gasteiger partial charge in [0.25, 0.3) is 5.91 Å². The summed E-state index contributed by atoms with van der Waals surface area (Å²) in [5.41, 5.74) is 1.94. The first-order valence-corrected chi connectivity index (χ1v) is 12.4. The Balaban J connectivity index is 1.65. The van der Waals surface area contributed by atoms with Gasteiger partial charge in [-0.05, 0) is 31.5 Å². The number of halogens is 3. The van der Waals surface area contributed by atoms with Gasteiger partial charge in [-0.2, -0.15) is 0 Å². The van der Waals surface area contributed by atoms with E-state index in [0.717, 1.165) is 24.9 Å². The van der Waals surface area contributed by atoms with Gasteiger partial charge in [0.15, 0.2) is 23.3 Å². The van der Waals surface area contributed by atoms with Gasteiger partial charge in [0.1, 0.15) is 18.2 Å². The zero-order chi connectivity index (χ0) is 25.7. The maximum Gasteiger partial charge on any atom is 0.275 e. The SMILES string of the molecule is O=C1NO[C@H]2c3c(cc(F)c(Cl)c3-c3c1ccc(OCCO)c3F)O[C@@]2(c1ccccc1)C1CCCN1. The molecule has 0 radical (unpaired) electrons. The molecule has 1 fully saturated rings. The van der Waals surface area contributed by atoms with Crippen molar-refractivity contribution in [2.75, 3.05) is 19.8 Å². The molecule has 0 aliphatic carbocycles. The van der Waals surface area contributed by atoms with Crippen LogP contribution in [-0.4, -0.2) is 36.8 Å². The van der Waals surface area contributed by atoms with E-state index >= 15 is 8.78 Å². The number of rotatable bonds is 5. The van der Waals surface area contributed by atoms with Crippen LogP contribution >= 0.6 is 11.6 Å². The van der Waals surface area contributed by atoms with Crippen LogP contribution in [0.4, 0.5) is 8.78 Å². The molecule has 7 nitrogen and oxygen atoms in total. The number of carbonyl (C=O) groups is 1. The topological polar surface area (TPSA) is 89.1 Å². The molecule has 0 bridgehead atoms. The Kier molecular flexibility index (Phi) is 6.03. The molecule has 37 heavy (non-hydrogen) atoms. The second-order valence-corrected chi connectivity index (χ2v) is 9.55. The Morgan fingerprint density at radius 2 is 1.97 bits per heavy atom. The minimum absolute atomic E-state index is 0.0331. The second kappa shape index (κ2) is 9.25. The van der Waals surface area contributed by atoms with E-state index in [2.05, 4.69) is 10.8 Å². The van der Waals surface area contributed by atoms with Crippen molar-refractivity contribution < 1.29 is 33.0 Å². The summed E-state index contributed by atoms with van der Waals surface area (Å²) in [5.74, 6) is -2.54. The second-order valence-electron chi connectivity index (χ2n) is 9.17. The minimum Gasteiger partial charge on any atom is -0.488 e. The summed E-state index contributed by atoms with van der Waals surface area (Å²) in [6.07, 6.45) is 0.613. The largest absolute Gasteiger partial charge is 0.488 e. The summed E-state index contributed by atoms with van der Waals surface area (Å²) in [6, 6.07) is 12.9. The highest BCUT2D eigenvalue weighted by Gasteiger charge is 2.59. The van der Waals surface area contributed by atoms with E-state index in [1.165, 1.54) is 18.2 Å². The van der Waals surface area contributed by atoms with E-state index in [-0.39, 0.29) is 52.5 Å². The van der Waals surface area contributed by atoms with Gasteiger partial charge >= 0.3 is 0 Å². The number of aliphatic hydroxyl groups excluding tert-OH is 1. The number of fused-ring (bicyclic) bond motifs is 2. The molecule has 3 heterocycles. The number of hydrogen-bond acceptors (Lipinski definition) is 6. The first kappa shape index (κ1) is 24.1. The molecular weight excluding hydrogens is 506 g/mol. The number of nitrogens with one attached hydrogen (secondary N) is 2. The fraction of sp³-hybridized carbons (Fsp3) is 0.296. The number of hydroxylamine groups is 1. The summed E-state index contributed by atoms with van der Waals surface area (Å²) in [7, 11) is 0. The maximum absolute atomic E-state index is 16.0. The van der Waals surface area contributed by atoms with E-state index in [1.54, 1.807) is 0 Å². The number of carbonyl (C=O) groups excluding carboxylic acids is 1. The lowest BCUT2D eigenvalue weighted by Gasteiger charge is -2.40. The molecule has 0 saturated carbocycles. The third-order valence-corrected chi connectivity index (χ3v) is 7.54. The van der Waals surface area contributed by atoms with Crippen LogP contribution in [0.3, 0.4) is 0 Å². The van der Waals surface area contributed by atoms with Gasteiger partial charge < -0.3 is 19.9 Å². The molecule has 192 valence electrons. The van der Waals surface area contributed by atoms with Crippen LogP contribution in [0.1, 0.15) is 40.4 Å². The first-order valence-electron chi connectivity index (χ1n) is 12.0. The maximum atomic E-state index is 16.0. The van der Waals surface area contributed by atoms with Gasteiger partial charge in [0.05, 0.1) is 23.2 Å². The van der Waals surface area contributed by atoms with Crippen molar-refractivity contribution in [1.29, 1.82) is 0 Å². The zero-order valence-corrected chi connectivity index (χ0v) is 20.3. The van der Waals surface area contributed by atoms with Crippen LogP contribution in [0.2, 0.25) is 5.02 Å². The highest BCUT2D eigenvalue weighted by Crippen LogP contribution is 2.59. The lowest BCUT2D eigenvalue weighted by molar-refractivity contribution is -0.121. The zero-order valence-electron chi connectivity index (χ0n) is 19.5. The van der Waals surface area contributed by atoms with E-state index < -0.39 is 29.2 Å². The predicted molar refractivity (Wildman–Crippen MR) is 130 cm³/mol. The standard InChI is InChI=1S/C27H23ClF2N2O5/c28-23-16(29)13-18-21-22(23)20-15(8-9-17(24(20)30)35-12-11-33)26(34)32-37-25(21)27(36-18,19-7-4-10-31-19)14-5-2-1-3-6-14/h1-3,5-6,8-9,13,19,25,31,33H,4,7,10-12H2,(H,32,34)/t19?,25-,27-/m0/s1. The van der Waals surface area contributed by atoms with Crippen LogP contribution in [-0.2, 0) is 10.4 Å². The third-order valence-electron chi connectivity index (χ3n) is 7.17. The molecule has 0 aromatic heterocycles. The molecule has 10 heteroatoms. The lowest BCUT2D eigenvalue weighted by atomic mass is 9.77. The first-order chi connectivity index (χ1) is 18.0. The molecule has 1 saturated heterocycles. The minimum atomic E-state index is -1.21. The quantitative estimate of drug-likeness (QED) is 0.454. The molecule has 3 N–H and O–H groups in total. The van der Waals surface area contributed by atoms with Crippen molar-refractivity contribution in [2.45, 2.75) is 30.6 Å². The molecule has 3 aromatic rings. The molecule has 3 aromatic carbocycles. The summed E-state index contributed by atoms with van der Waals surface area (Å²) in [6.45, 7) is 0.226. The van der Waals surface area contributed by atoms with Crippen LogP contribution in [0.5, 0.6) is 11.5 Å². The van der Waals surface area contributed by atoms with Crippen molar-refractivity contribution in [3.8, 4) is 22.6 Å². The summed E-state index contributed by atoms with van der Waals surface area (Å²) in [4.78, 5) is 19.3. The molecule has 1 unspecified atom stereocenters. The molecule has 1 amide bonds. The Hall–Kier alpha value is -3.24.